The molecule has 1 aliphatic heterocycles. The Morgan fingerprint density at radius 1 is 1.25 bits per heavy atom. The summed E-state index contributed by atoms with van der Waals surface area (Å²) in [5, 5.41) is 9.25. The Bertz CT molecular complexity index is 342. The first-order chi connectivity index (χ1) is 7.29. The smallest absolute Gasteiger partial charge is 1.00 e. The highest BCUT2D eigenvalue weighted by atomic mass is 35.5. The summed E-state index contributed by atoms with van der Waals surface area (Å²) in [6, 6.07) is 9.00. The Balaban J connectivity index is 0.00000128. The molecule has 0 saturated carbocycles. The number of nitrogens with zero attached hydrogens (tertiary/aromatic N) is 1. The number of benzene rings is 1. The number of rotatable bonds is 3. The Morgan fingerprint density at radius 2 is 1.81 bits per heavy atom. The van der Waals surface area contributed by atoms with Crippen molar-refractivity contribution in [2.45, 2.75) is 18.9 Å². The number of likely N-dealkylation sites (tertiary alicyclic amines) is 1. The van der Waals surface area contributed by atoms with Crippen LogP contribution in [0.3, 0.4) is 0 Å². The van der Waals surface area contributed by atoms with Crippen molar-refractivity contribution in [3.63, 3.8) is 0 Å². The third kappa shape index (κ3) is 2.74. The van der Waals surface area contributed by atoms with Gasteiger partial charge in [-0.1, -0.05) is 30.3 Å². The normalized spacial score (nSPS) is 17.8. The van der Waals surface area contributed by atoms with Gasteiger partial charge in [-0.05, 0) is 31.5 Å². The van der Waals surface area contributed by atoms with Crippen molar-refractivity contribution in [3.05, 3.63) is 35.9 Å². The highest BCUT2D eigenvalue weighted by molar-refractivity contribution is 5.75. The molecule has 0 aliphatic carbocycles. The van der Waals surface area contributed by atoms with Gasteiger partial charge in [0.05, 0.1) is 0 Å². The van der Waals surface area contributed by atoms with Gasteiger partial charge in [-0.3, -0.25) is 9.69 Å². The molecule has 3 nitrogen and oxygen atoms in total. The van der Waals surface area contributed by atoms with Crippen LogP contribution in [0.4, 0.5) is 0 Å². The number of halogens is 1. The predicted octanol–water partition coefficient (Wildman–Crippen LogP) is -0.975. The molecule has 2 rings (SSSR count). The first-order valence-corrected chi connectivity index (χ1v) is 5.31. The maximum Gasteiger partial charge on any atom is 1.00 e. The van der Waals surface area contributed by atoms with E-state index >= 15 is 0 Å². The summed E-state index contributed by atoms with van der Waals surface area (Å²) in [5.74, 6) is -0.747. The SMILES string of the molecule is O=C(O)C(c1ccccc1)N1CCCC1.[Cl-].[H+]. The van der Waals surface area contributed by atoms with Gasteiger partial charge in [0.1, 0.15) is 6.04 Å². The summed E-state index contributed by atoms with van der Waals surface area (Å²) in [6.45, 7) is 1.79. The van der Waals surface area contributed by atoms with Crippen molar-refractivity contribution < 1.29 is 23.7 Å². The largest absolute Gasteiger partial charge is 1.00 e. The lowest BCUT2D eigenvalue weighted by Crippen LogP contribution is -3.00. The summed E-state index contributed by atoms with van der Waals surface area (Å²) in [7, 11) is 0. The minimum Gasteiger partial charge on any atom is -1.00 e. The quantitative estimate of drug-likeness (QED) is 0.740. The van der Waals surface area contributed by atoms with Crippen LogP contribution in [0.5, 0.6) is 0 Å². The topological polar surface area (TPSA) is 40.5 Å². The second-order valence-corrected chi connectivity index (χ2v) is 3.89. The van der Waals surface area contributed by atoms with Gasteiger partial charge >= 0.3 is 7.40 Å². The fourth-order valence-electron chi connectivity index (χ4n) is 2.14. The van der Waals surface area contributed by atoms with E-state index in [9.17, 15) is 9.90 Å². The van der Waals surface area contributed by atoms with Crippen LogP contribution in [0.2, 0.25) is 0 Å². The van der Waals surface area contributed by atoms with Gasteiger partial charge < -0.3 is 17.5 Å². The van der Waals surface area contributed by atoms with E-state index in [0.717, 1.165) is 31.5 Å². The van der Waals surface area contributed by atoms with Crippen LogP contribution in [0, 0.1) is 0 Å². The first-order valence-electron chi connectivity index (χ1n) is 5.31. The molecule has 0 spiro atoms. The van der Waals surface area contributed by atoms with Gasteiger partial charge in [-0.15, -0.1) is 0 Å². The zero-order valence-corrected chi connectivity index (χ0v) is 9.73. The second-order valence-electron chi connectivity index (χ2n) is 3.89. The third-order valence-corrected chi connectivity index (χ3v) is 2.86. The standard InChI is InChI=1S/C12H15NO2.ClH/c14-12(15)11(13-8-4-5-9-13)10-6-2-1-3-7-10;/h1-3,6-7,11H,4-5,8-9H2,(H,14,15);1H. The van der Waals surface area contributed by atoms with Crippen LogP contribution in [0.15, 0.2) is 30.3 Å². The second kappa shape index (κ2) is 5.87. The molecule has 88 valence electrons. The first kappa shape index (κ1) is 13.0. The molecule has 4 heteroatoms. The van der Waals surface area contributed by atoms with Crippen molar-refractivity contribution in [1.82, 2.24) is 4.90 Å². The summed E-state index contributed by atoms with van der Waals surface area (Å²) < 4.78 is 0. The minimum absolute atomic E-state index is 0. The van der Waals surface area contributed by atoms with E-state index in [2.05, 4.69) is 0 Å². The highest BCUT2D eigenvalue weighted by Crippen LogP contribution is 2.24. The maximum atomic E-state index is 11.2. The van der Waals surface area contributed by atoms with E-state index in [-0.39, 0.29) is 13.8 Å². The molecular weight excluding hydrogens is 226 g/mol. The lowest BCUT2D eigenvalue weighted by atomic mass is 10.1. The zero-order chi connectivity index (χ0) is 10.7. The molecule has 0 radical (unpaired) electrons. The monoisotopic (exact) mass is 241 g/mol. The van der Waals surface area contributed by atoms with Crippen LogP contribution in [0.25, 0.3) is 0 Å². The maximum absolute atomic E-state index is 11.2. The van der Waals surface area contributed by atoms with Gasteiger partial charge in [0.2, 0.25) is 0 Å². The summed E-state index contributed by atoms with van der Waals surface area (Å²) in [5.41, 5.74) is 0.881. The third-order valence-electron chi connectivity index (χ3n) is 2.86. The summed E-state index contributed by atoms with van der Waals surface area (Å²) in [6.07, 6.45) is 2.22. The highest BCUT2D eigenvalue weighted by Gasteiger charge is 2.28. The molecule has 1 fully saturated rings. The average Bonchev–Trinajstić information content (AvgIpc) is 2.72. The number of carboxylic acids is 1. The molecule has 1 heterocycles. The number of aliphatic carboxylic acids is 1. The van der Waals surface area contributed by atoms with E-state index in [1.807, 2.05) is 35.2 Å². The van der Waals surface area contributed by atoms with Gasteiger partial charge in [0.25, 0.3) is 0 Å². The minimum atomic E-state index is -0.747. The molecule has 1 atom stereocenters. The molecule has 1 aromatic rings. The fourth-order valence-corrected chi connectivity index (χ4v) is 2.14. The molecule has 1 aliphatic rings. The number of hydrogen-bond donors (Lipinski definition) is 1. The Hall–Kier alpha value is -1.06. The summed E-state index contributed by atoms with van der Waals surface area (Å²) >= 11 is 0. The van der Waals surface area contributed by atoms with Gasteiger partial charge in [0, 0.05) is 0 Å². The zero-order valence-electron chi connectivity index (χ0n) is 9.97. The molecule has 16 heavy (non-hydrogen) atoms. The molecule has 0 aromatic heterocycles. The van der Waals surface area contributed by atoms with Crippen LogP contribution < -0.4 is 12.4 Å². The van der Waals surface area contributed by atoms with Crippen LogP contribution >= 0.6 is 0 Å². The fraction of sp³-hybridized carbons (Fsp3) is 0.417. The van der Waals surface area contributed by atoms with Gasteiger partial charge in [-0.25, -0.2) is 0 Å². The van der Waals surface area contributed by atoms with Crippen molar-refractivity contribution in [2.75, 3.05) is 13.1 Å². The average molecular weight is 242 g/mol. The molecule has 1 saturated heterocycles. The molecule has 1 N–H and O–H groups in total. The Morgan fingerprint density at radius 3 is 2.31 bits per heavy atom. The predicted molar refractivity (Wildman–Crippen MR) is 58.7 cm³/mol. The van der Waals surface area contributed by atoms with Crippen molar-refractivity contribution in [2.24, 2.45) is 0 Å². The molecule has 1 aromatic carbocycles. The van der Waals surface area contributed by atoms with Crippen LogP contribution in [-0.2, 0) is 4.79 Å². The number of carbonyl (C=O) groups is 1. The number of carboxylic acid groups (broad SMARTS) is 1. The van der Waals surface area contributed by atoms with Crippen molar-refractivity contribution >= 4 is 5.97 Å². The lowest BCUT2D eigenvalue weighted by Gasteiger charge is -2.23. The number of hydrogen-bond acceptors (Lipinski definition) is 2. The van der Waals surface area contributed by atoms with Crippen molar-refractivity contribution in [1.29, 1.82) is 0 Å². The Labute approximate surface area is 103 Å². The molecule has 1 unspecified atom stereocenters. The van der Waals surface area contributed by atoms with Crippen LogP contribution in [0.1, 0.15) is 25.9 Å². The summed E-state index contributed by atoms with van der Waals surface area (Å²) in [4.78, 5) is 13.3. The van der Waals surface area contributed by atoms with E-state index in [0.29, 0.717) is 0 Å². The molecular formula is C12H16ClNO2. The molecule has 0 amide bonds. The van der Waals surface area contributed by atoms with Gasteiger partial charge in [-0.2, -0.15) is 0 Å². The lowest BCUT2D eigenvalue weighted by molar-refractivity contribution is -0.143. The van der Waals surface area contributed by atoms with E-state index in [1.165, 1.54) is 0 Å². The van der Waals surface area contributed by atoms with E-state index < -0.39 is 12.0 Å². The van der Waals surface area contributed by atoms with E-state index in [4.69, 9.17) is 0 Å². The molecule has 0 bridgehead atoms. The van der Waals surface area contributed by atoms with Crippen LogP contribution in [-0.4, -0.2) is 29.1 Å². The van der Waals surface area contributed by atoms with E-state index in [1.54, 1.807) is 0 Å². The van der Waals surface area contributed by atoms with Crippen molar-refractivity contribution in [3.8, 4) is 0 Å². The Kier molecular flexibility index (Phi) is 4.77. The van der Waals surface area contributed by atoms with Gasteiger partial charge in [0.15, 0.2) is 0 Å².